The summed E-state index contributed by atoms with van der Waals surface area (Å²) in [6.45, 7) is 1.95. The van der Waals surface area contributed by atoms with Crippen LogP contribution < -0.4 is 10.6 Å². The normalized spacial score (nSPS) is 12.3. The standard InChI is InChI=1S/C20H20BrF3N2O2/c1-13(14-2-4-15(5-3-14)20(22,23)24)12-19(28)25-11-10-18(27)26-17-8-6-16(21)7-9-17/h2-9,13H,10-12H2,1H3,(H,25,28)(H,26,27). The van der Waals surface area contributed by atoms with Gasteiger partial charge in [-0.3, -0.25) is 9.59 Å². The molecule has 0 saturated heterocycles. The molecule has 0 radical (unpaired) electrons. The monoisotopic (exact) mass is 456 g/mol. The van der Waals surface area contributed by atoms with Gasteiger partial charge in [0.2, 0.25) is 11.8 Å². The lowest BCUT2D eigenvalue weighted by atomic mass is 9.96. The number of halogens is 4. The van der Waals surface area contributed by atoms with Crippen molar-refractivity contribution in [1.82, 2.24) is 5.32 Å². The molecule has 1 atom stereocenters. The van der Waals surface area contributed by atoms with Crippen LogP contribution in [0.2, 0.25) is 0 Å². The third-order valence-corrected chi connectivity index (χ3v) is 4.63. The summed E-state index contributed by atoms with van der Waals surface area (Å²) < 4.78 is 38.7. The molecule has 0 aliphatic rings. The van der Waals surface area contributed by atoms with Crippen molar-refractivity contribution in [3.63, 3.8) is 0 Å². The van der Waals surface area contributed by atoms with Crippen molar-refractivity contribution in [3.05, 3.63) is 64.1 Å². The number of nitrogens with one attached hydrogen (secondary N) is 2. The second-order valence-electron chi connectivity index (χ2n) is 6.38. The van der Waals surface area contributed by atoms with Crippen molar-refractivity contribution in [2.45, 2.75) is 31.9 Å². The largest absolute Gasteiger partial charge is 0.416 e. The number of carbonyl (C=O) groups is 2. The molecule has 2 aromatic carbocycles. The highest BCUT2D eigenvalue weighted by molar-refractivity contribution is 9.10. The van der Waals surface area contributed by atoms with Crippen molar-refractivity contribution in [3.8, 4) is 0 Å². The molecular formula is C20H20BrF3N2O2. The summed E-state index contributed by atoms with van der Waals surface area (Å²) in [6.07, 6.45) is -4.13. The van der Waals surface area contributed by atoms with Crippen LogP contribution in [0.15, 0.2) is 53.0 Å². The minimum absolute atomic E-state index is 0.121. The molecule has 0 spiro atoms. The van der Waals surface area contributed by atoms with Gasteiger partial charge in [0.15, 0.2) is 0 Å². The van der Waals surface area contributed by atoms with Gasteiger partial charge in [0, 0.05) is 29.5 Å². The Balaban J connectivity index is 1.74. The highest BCUT2D eigenvalue weighted by Crippen LogP contribution is 2.30. The van der Waals surface area contributed by atoms with Gasteiger partial charge in [0.25, 0.3) is 0 Å². The molecule has 28 heavy (non-hydrogen) atoms. The van der Waals surface area contributed by atoms with E-state index in [1.54, 1.807) is 31.2 Å². The molecule has 0 saturated carbocycles. The molecular weight excluding hydrogens is 437 g/mol. The van der Waals surface area contributed by atoms with Crippen molar-refractivity contribution in [2.24, 2.45) is 0 Å². The first-order chi connectivity index (χ1) is 13.1. The SMILES string of the molecule is CC(CC(=O)NCCC(=O)Nc1ccc(Br)cc1)c1ccc(C(F)(F)F)cc1. The highest BCUT2D eigenvalue weighted by Gasteiger charge is 2.30. The minimum Gasteiger partial charge on any atom is -0.356 e. The Kier molecular flexibility index (Phi) is 7.62. The molecule has 0 heterocycles. The van der Waals surface area contributed by atoms with Gasteiger partial charge in [0.1, 0.15) is 0 Å². The zero-order valence-corrected chi connectivity index (χ0v) is 16.7. The van der Waals surface area contributed by atoms with Crippen LogP contribution in [0.5, 0.6) is 0 Å². The van der Waals surface area contributed by atoms with Crippen LogP contribution in [-0.2, 0) is 15.8 Å². The Morgan fingerprint density at radius 1 is 1.00 bits per heavy atom. The Morgan fingerprint density at radius 3 is 2.18 bits per heavy atom. The summed E-state index contributed by atoms with van der Waals surface area (Å²) in [5, 5.41) is 5.38. The molecule has 0 bridgehead atoms. The smallest absolute Gasteiger partial charge is 0.356 e. The van der Waals surface area contributed by atoms with E-state index >= 15 is 0 Å². The molecule has 150 valence electrons. The van der Waals surface area contributed by atoms with Crippen LogP contribution in [0.4, 0.5) is 18.9 Å². The Hall–Kier alpha value is -2.35. The number of amides is 2. The lowest BCUT2D eigenvalue weighted by Crippen LogP contribution is -2.28. The summed E-state index contributed by atoms with van der Waals surface area (Å²) in [5.74, 6) is -0.721. The van der Waals surface area contributed by atoms with E-state index in [9.17, 15) is 22.8 Å². The van der Waals surface area contributed by atoms with Crippen LogP contribution >= 0.6 is 15.9 Å². The lowest BCUT2D eigenvalue weighted by Gasteiger charge is -2.13. The molecule has 8 heteroatoms. The van der Waals surface area contributed by atoms with E-state index < -0.39 is 11.7 Å². The molecule has 0 aromatic heterocycles. The number of hydrogen-bond donors (Lipinski definition) is 2. The van der Waals surface area contributed by atoms with E-state index in [4.69, 9.17) is 0 Å². The van der Waals surface area contributed by atoms with Crippen LogP contribution in [-0.4, -0.2) is 18.4 Å². The van der Waals surface area contributed by atoms with Gasteiger partial charge in [-0.2, -0.15) is 13.2 Å². The Bertz CT molecular complexity index is 806. The average molecular weight is 457 g/mol. The predicted octanol–water partition coefficient (Wildman–Crippen LogP) is 5.11. The number of benzene rings is 2. The van der Waals surface area contributed by atoms with E-state index in [-0.39, 0.29) is 37.1 Å². The fraction of sp³-hybridized carbons (Fsp3) is 0.300. The second kappa shape index (κ2) is 9.73. The van der Waals surface area contributed by atoms with Crippen molar-refractivity contribution in [1.29, 1.82) is 0 Å². The maximum Gasteiger partial charge on any atom is 0.416 e. The molecule has 0 aliphatic heterocycles. The number of carbonyl (C=O) groups excluding carboxylic acids is 2. The Labute approximate surface area is 169 Å². The summed E-state index contributed by atoms with van der Waals surface area (Å²) in [5.41, 5.74) is 0.594. The third kappa shape index (κ3) is 6.99. The molecule has 2 rings (SSSR count). The predicted molar refractivity (Wildman–Crippen MR) is 105 cm³/mol. The lowest BCUT2D eigenvalue weighted by molar-refractivity contribution is -0.137. The minimum atomic E-state index is -4.38. The van der Waals surface area contributed by atoms with Gasteiger partial charge in [-0.15, -0.1) is 0 Å². The number of hydrogen-bond acceptors (Lipinski definition) is 2. The zero-order valence-electron chi connectivity index (χ0n) is 15.1. The van der Waals surface area contributed by atoms with E-state index in [0.717, 1.165) is 16.6 Å². The average Bonchev–Trinajstić information content (AvgIpc) is 2.63. The second-order valence-corrected chi connectivity index (χ2v) is 7.30. The van der Waals surface area contributed by atoms with Gasteiger partial charge in [0.05, 0.1) is 5.56 Å². The molecule has 0 fully saturated rings. The molecule has 2 amide bonds. The van der Waals surface area contributed by atoms with E-state index in [1.165, 1.54) is 12.1 Å². The fourth-order valence-corrected chi connectivity index (χ4v) is 2.81. The van der Waals surface area contributed by atoms with Crippen molar-refractivity contribution < 1.29 is 22.8 Å². The van der Waals surface area contributed by atoms with Gasteiger partial charge < -0.3 is 10.6 Å². The maximum absolute atomic E-state index is 12.6. The first kappa shape index (κ1) is 21.9. The van der Waals surface area contributed by atoms with Crippen LogP contribution in [0.25, 0.3) is 0 Å². The number of anilines is 1. The maximum atomic E-state index is 12.6. The van der Waals surface area contributed by atoms with Crippen LogP contribution in [0.3, 0.4) is 0 Å². The van der Waals surface area contributed by atoms with E-state index in [0.29, 0.717) is 11.3 Å². The molecule has 0 aliphatic carbocycles. The Morgan fingerprint density at radius 2 is 1.61 bits per heavy atom. The first-order valence-corrected chi connectivity index (χ1v) is 9.43. The fourth-order valence-electron chi connectivity index (χ4n) is 2.54. The highest BCUT2D eigenvalue weighted by atomic mass is 79.9. The first-order valence-electron chi connectivity index (χ1n) is 8.64. The summed E-state index contributed by atoms with van der Waals surface area (Å²) in [7, 11) is 0. The van der Waals surface area contributed by atoms with Gasteiger partial charge in [-0.05, 0) is 47.9 Å². The molecule has 4 nitrogen and oxygen atoms in total. The van der Waals surface area contributed by atoms with Gasteiger partial charge in [-0.1, -0.05) is 35.0 Å². The third-order valence-electron chi connectivity index (χ3n) is 4.10. The number of alkyl halides is 3. The van der Waals surface area contributed by atoms with Crippen LogP contribution in [0.1, 0.15) is 36.8 Å². The van der Waals surface area contributed by atoms with Crippen molar-refractivity contribution in [2.75, 3.05) is 11.9 Å². The summed E-state index contributed by atoms with van der Waals surface area (Å²) in [4.78, 5) is 23.9. The van der Waals surface area contributed by atoms with Crippen molar-refractivity contribution >= 4 is 33.4 Å². The topological polar surface area (TPSA) is 58.2 Å². The van der Waals surface area contributed by atoms with Gasteiger partial charge >= 0.3 is 6.18 Å². The van der Waals surface area contributed by atoms with Gasteiger partial charge in [-0.25, -0.2) is 0 Å². The summed E-state index contributed by atoms with van der Waals surface area (Å²) >= 11 is 3.31. The molecule has 2 aromatic rings. The zero-order chi connectivity index (χ0) is 20.7. The van der Waals surface area contributed by atoms with Crippen LogP contribution in [0, 0.1) is 0 Å². The van der Waals surface area contributed by atoms with E-state index in [1.807, 2.05) is 0 Å². The number of rotatable bonds is 7. The molecule has 2 N–H and O–H groups in total. The quantitative estimate of drug-likeness (QED) is 0.608. The summed E-state index contributed by atoms with van der Waals surface area (Å²) in [6, 6.07) is 11.9. The molecule has 1 unspecified atom stereocenters. The van der Waals surface area contributed by atoms with E-state index in [2.05, 4.69) is 26.6 Å².